The van der Waals surface area contributed by atoms with Gasteiger partial charge in [-0.2, -0.15) is 0 Å². The van der Waals surface area contributed by atoms with Crippen LogP contribution in [0.5, 0.6) is 0 Å². The Balaban J connectivity index is 1.69. The summed E-state index contributed by atoms with van der Waals surface area (Å²) in [6.07, 6.45) is 5.57. The molecule has 28 heavy (non-hydrogen) atoms. The standard InChI is InChI=1S/C22H25FN4O/c1-16-6-7-18(17(2)21(16)23)22-25-9-10-27(22)15-20(19-5-3-4-8-24-19)26-11-13-28-14-12-26/h3-10,20H,11-15H2,1-2H3/t20-/m0/s1. The number of hydrogen-bond donors (Lipinski definition) is 0. The summed E-state index contributed by atoms with van der Waals surface area (Å²) >= 11 is 0. The molecule has 146 valence electrons. The van der Waals surface area contributed by atoms with Gasteiger partial charge in [-0.15, -0.1) is 0 Å². The first kappa shape index (κ1) is 18.8. The van der Waals surface area contributed by atoms with Crippen LogP contribution in [0, 0.1) is 19.7 Å². The average molecular weight is 380 g/mol. The topological polar surface area (TPSA) is 43.2 Å². The number of imidazole rings is 1. The molecule has 0 aliphatic carbocycles. The van der Waals surface area contributed by atoms with Crippen LogP contribution >= 0.6 is 0 Å². The maximum absolute atomic E-state index is 14.5. The monoisotopic (exact) mass is 380 g/mol. The van der Waals surface area contributed by atoms with Gasteiger partial charge in [0.15, 0.2) is 0 Å². The first-order valence-electron chi connectivity index (χ1n) is 9.65. The summed E-state index contributed by atoms with van der Waals surface area (Å²) in [5.74, 6) is 0.618. The van der Waals surface area contributed by atoms with E-state index in [2.05, 4.69) is 25.5 Å². The van der Waals surface area contributed by atoms with Gasteiger partial charge in [-0.3, -0.25) is 9.88 Å². The number of benzene rings is 1. The maximum atomic E-state index is 14.5. The molecule has 0 radical (unpaired) electrons. The van der Waals surface area contributed by atoms with E-state index in [0.29, 0.717) is 17.7 Å². The van der Waals surface area contributed by atoms with E-state index in [-0.39, 0.29) is 11.9 Å². The van der Waals surface area contributed by atoms with Crippen molar-refractivity contribution in [3.05, 3.63) is 71.6 Å². The van der Waals surface area contributed by atoms with Gasteiger partial charge in [-0.25, -0.2) is 9.37 Å². The number of aromatic nitrogens is 3. The van der Waals surface area contributed by atoms with Crippen molar-refractivity contribution in [3.63, 3.8) is 0 Å². The minimum Gasteiger partial charge on any atom is -0.379 e. The first-order chi connectivity index (χ1) is 13.6. The summed E-state index contributed by atoms with van der Waals surface area (Å²) < 4.78 is 22.1. The van der Waals surface area contributed by atoms with Crippen LogP contribution in [0.15, 0.2) is 48.9 Å². The Kier molecular flexibility index (Phi) is 5.50. The van der Waals surface area contributed by atoms with Crippen molar-refractivity contribution in [1.29, 1.82) is 0 Å². The molecule has 0 N–H and O–H groups in total. The molecule has 1 saturated heterocycles. The zero-order chi connectivity index (χ0) is 19.5. The number of morpholine rings is 1. The molecule has 1 aliphatic heterocycles. The lowest BCUT2D eigenvalue weighted by molar-refractivity contribution is 0.0115. The lowest BCUT2D eigenvalue weighted by Gasteiger charge is -2.34. The van der Waals surface area contributed by atoms with Crippen molar-refractivity contribution in [3.8, 4) is 11.4 Å². The molecule has 0 bridgehead atoms. The normalized spacial score (nSPS) is 16.2. The number of nitrogens with zero attached hydrogens (tertiary/aromatic N) is 4. The summed E-state index contributed by atoms with van der Waals surface area (Å²) in [5, 5.41) is 0. The fourth-order valence-electron chi connectivity index (χ4n) is 3.81. The summed E-state index contributed by atoms with van der Waals surface area (Å²) in [5.41, 5.74) is 3.14. The van der Waals surface area contributed by atoms with E-state index in [1.165, 1.54) is 0 Å². The van der Waals surface area contributed by atoms with Gasteiger partial charge < -0.3 is 9.30 Å². The van der Waals surface area contributed by atoms with Gasteiger partial charge in [0, 0.05) is 43.8 Å². The third-order valence-corrected chi connectivity index (χ3v) is 5.42. The van der Waals surface area contributed by atoms with Crippen molar-refractivity contribution in [2.24, 2.45) is 0 Å². The number of pyridine rings is 1. The maximum Gasteiger partial charge on any atom is 0.140 e. The van der Waals surface area contributed by atoms with E-state index >= 15 is 0 Å². The summed E-state index contributed by atoms with van der Waals surface area (Å²) in [7, 11) is 0. The van der Waals surface area contributed by atoms with E-state index in [9.17, 15) is 4.39 Å². The molecule has 0 saturated carbocycles. The van der Waals surface area contributed by atoms with Gasteiger partial charge in [-0.1, -0.05) is 18.2 Å². The molecular weight excluding hydrogens is 355 g/mol. The predicted octanol–water partition coefficient (Wildman–Crippen LogP) is 3.77. The predicted molar refractivity (Wildman–Crippen MR) is 106 cm³/mol. The third kappa shape index (κ3) is 3.70. The number of ether oxygens (including phenoxy) is 1. The van der Waals surface area contributed by atoms with Crippen LogP contribution in [0.4, 0.5) is 4.39 Å². The minimum atomic E-state index is -0.165. The molecule has 6 heteroatoms. The highest BCUT2D eigenvalue weighted by molar-refractivity contribution is 5.61. The molecule has 0 spiro atoms. The molecule has 2 aromatic heterocycles. The van der Waals surface area contributed by atoms with Crippen molar-refractivity contribution >= 4 is 0 Å². The Bertz CT molecular complexity index is 935. The van der Waals surface area contributed by atoms with Crippen LogP contribution in [0.3, 0.4) is 0 Å². The Morgan fingerprint density at radius 2 is 1.89 bits per heavy atom. The molecule has 0 unspecified atom stereocenters. The second kappa shape index (κ2) is 8.20. The first-order valence-corrected chi connectivity index (χ1v) is 9.65. The SMILES string of the molecule is Cc1ccc(-c2nccn2C[C@@H](c2ccccn2)N2CCOCC2)c(C)c1F. The van der Waals surface area contributed by atoms with Gasteiger partial charge in [0.25, 0.3) is 0 Å². The van der Waals surface area contributed by atoms with Gasteiger partial charge >= 0.3 is 0 Å². The highest BCUT2D eigenvalue weighted by Crippen LogP contribution is 2.29. The molecule has 1 fully saturated rings. The number of rotatable bonds is 5. The van der Waals surface area contributed by atoms with Crippen LogP contribution in [0.25, 0.3) is 11.4 Å². The quantitative estimate of drug-likeness (QED) is 0.676. The zero-order valence-electron chi connectivity index (χ0n) is 16.3. The molecule has 0 amide bonds. The van der Waals surface area contributed by atoms with Crippen molar-refractivity contribution < 1.29 is 9.13 Å². The summed E-state index contributed by atoms with van der Waals surface area (Å²) in [4.78, 5) is 11.5. The van der Waals surface area contributed by atoms with E-state index in [1.807, 2.05) is 43.6 Å². The Labute approximate surface area is 164 Å². The van der Waals surface area contributed by atoms with Gasteiger partial charge in [0.05, 0.1) is 24.9 Å². The summed E-state index contributed by atoms with van der Waals surface area (Å²) in [6, 6.07) is 9.89. The molecule has 3 aromatic rings. The number of halogens is 1. The Morgan fingerprint density at radius 3 is 2.64 bits per heavy atom. The van der Waals surface area contributed by atoms with E-state index in [1.54, 1.807) is 13.1 Å². The van der Waals surface area contributed by atoms with Crippen molar-refractivity contribution in [2.45, 2.75) is 26.4 Å². The summed E-state index contributed by atoms with van der Waals surface area (Å²) in [6.45, 7) is 7.47. The highest BCUT2D eigenvalue weighted by Gasteiger charge is 2.25. The van der Waals surface area contributed by atoms with Crippen molar-refractivity contribution in [2.75, 3.05) is 26.3 Å². The van der Waals surface area contributed by atoms with Crippen LogP contribution in [0.1, 0.15) is 22.9 Å². The smallest absolute Gasteiger partial charge is 0.140 e. The van der Waals surface area contributed by atoms with Crippen LogP contribution < -0.4 is 0 Å². The molecule has 1 aliphatic rings. The molecule has 1 atom stereocenters. The fourth-order valence-corrected chi connectivity index (χ4v) is 3.81. The van der Waals surface area contributed by atoms with E-state index in [0.717, 1.165) is 43.4 Å². The van der Waals surface area contributed by atoms with E-state index in [4.69, 9.17) is 4.74 Å². The van der Waals surface area contributed by atoms with Crippen LogP contribution in [0.2, 0.25) is 0 Å². The highest BCUT2D eigenvalue weighted by atomic mass is 19.1. The lowest BCUT2D eigenvalue weighted by Crippen LogP contribution is -2.41. The van der Waals surface area contributed by atoms with Crippen LogP contribution in [-0.2, 0) is 11.3 Å². The molecule has 4 rings (SSSR count). The second-order valence-corrected chi connectivity index (χ2v) is 7.19. The molecule has 5 nitrogen and oxygen atoms in total. The Morgan fingerprint density at radius 1 is 1.07 bits per heavy atom. The number of aryl methyl sites for hydroxylation is 1. The van der Waals surface area contributed by atoms with Crippen LogP contribution in [-0.4, -0.2) is 45.7 Å². The lowest BCUT2D eigenvalue weighted by atomic mass is 10.0. The van der Waals surface area contributed by atoms with Gasteiger partial charge in [0.2, 0.25) is 0 Å². The third-order valence-electron chi connectivity index (χ3n) is 5.42. The zero-order valence-corrected chi connectivity index (χ0v) is 16.3. The van der Waals surface area contributed by atoms with Crippen molar-refractivity contribution in [1.82, 2.24) is 19.4 Å². The molecular formula is C22H25FN4O. The molecule has 3 heterocycles. The molecule has 1 aromatic carbocycles. The fraction of sp³-hybridized carbons (Fsp3) is 0.364. The van der Waals surface area contributed by atoms with E-state index < -0.39 is 0 Å². The Hall–Kier alpha value is -2.57. The number of hydrogen-bond acceptors (Lipinski definition) is 4. The second-order valence-electron chi connectivity index (χ2n) is 7.19. The van der Waals surface area contributed by atoms with Gasteiger partial charge in [-0.05, 0) is 37.1 Å². The largest absolute Gasteiger partial charge is 0.379 e. The van der Waals surface area contributed by atoms with Gasteiger partial charge in [0.1, 0.15) is 11.6 Å². The minimum absolute atomic E-state index is 0.105. The average Bonchev–Trinajstić information content (AvgIpc) is 3.19.